The minimum absolute atomic E-state index is 0.171. The fourth-order valence-corrected chi connectivity index (χ4v) is 4.94. The molecule has 0 saturated heterocycles. The van der Waals surface area contributed by atoms with Gasteiger partial charge in [-0.25, -0.2) is 15.0 Å². The number of fused-ring (bicyclic) bond motifs is 3. The number of hydrogen-bond acceptors (Lipinski definition) is 9. The van der Waals surface area contributed by atoms with E-state index in [1.165, 1.54) is 23.7 Å². The summed E-state index contributed by atoms with van der Waals surface area (Å²) in [6, 6.07) is 16.1. The number of anilines is 4. The van der Waals surface area contributed by atoms with Crippen LogP contribution in [0.15, 0.2) is 75.5 Å². The lowest BCUT2D eigenvalue weighted by Crippen LogP contribution is -2.14. The summed E-state index contributed by atoms with van der Waals surface area (Å²) in [6.07, 6.45) is 1.33. The van der Waals surface area contributed by atoms with Crippen LogP contribution < -0.4 is 21.8 Å². The van der Waals surface area contributed by atoms with Gasteiger partial charge in [0, 0.05) is 16.8 Å². The number of nitrogen functional groups attached to an aromatic ring is 1. The van der Waals surface area contributed by atoms with Gasteiger partial charge in [-0.05, 0) is 30.5 Å². The Labute approximate surface area is 207 Å². The fourth-order valence-electron chi connectivity index (χ4n) is 4.03. The van der Waals surface area contributed by atoms with Crippen LogP contribution in [-0.4, -0.2) is 20.9 Å². The number of aryl methyl sites for hydroxylation is 1. The van der Waals surface area contributed by atoms with E-state index in [-0.39, 0.29) is 17.2 Å². The normalized spacial score (nSPS) is 11.2. The zero-order valence-electron chi connectivity index (χ0n) is 18.9. The number of benzene rings is 2. The predicted molar refractivity (Wildman–Crippen MR) is 142 cm³/mol. The third kappa shape index (κ3) is 3.79. The average Bonchev–Trinajstić information content (AvgIpc) is 3.29. The summed E-state index contributed by atoms with van der Waals surface area (Å²) in [5.74, 6) is 0.953. The van der Waals surface area contributed by atoms with Crippen molar-refractivity contribution >= 4 is 72.5 Å². The Morgan fingerprint density at radius 1 is 1.06 bits per heavy atom. The molecule has 0 spiro atoms. The molecule has 0 aliphatic carbocycles. The standard InChI is InChI=1S/C26H18N6O3S/c1-13-6-7-15-14(8-13)9-20(30-21-10-18(33)16-4-2-3-5-19(16)35-21)31-25(15)32-26(34)17-11-36-23-22(17)28-12-29-24(23)27/h2-12H,1H3,(H2,27,28,29)(H2,30,31,32,34). The van der Waals surface area contributed by atoms with Gasteiger partial charge in [0.05, 0.1) is 21.2 Å². The lowest BCUT2D eigenvalue weighted by molar-refractivity contribution is 0.102. The number of pyridine rings is 1. The van der Waals surface area contributed by atoms with E-state index in [9.17, 15) is 9.59 Å². The molecule has 0 radical (unpaired) electrons. The highest BCUT2D eigenvalue weighted by molar-refractivity contribution is 7.18. The predicted octanol–water partition coefficient (Wildman–Crippen LogP) is 5.23. The van der Waals surface area contributed by atoms with Crippen molar-refractivity contribution in [2.24, 2.45) is 0 Å². The number of thiophene rings is 1. The van der Waals surface area contributed by atoms with E-state index in [0.29, 0.717) is 44.2 Å². The number of hydrogen-bond donors (Lipinski definition) is 3. The Morgan fingerprint density at radius 2 is 1.92 bits per heavy atom. The highest BCUT2D eigenvalue weighted by Crippen LogP contribution is 2.31. The zero-order chi connectivity index (χ0) is 24.8. The molecule has 4 aromatic heterocycles. The molecular formula is C26H18N6O3S. The fraction of sp³-hybridized carbons (Fsp3) is 0.0385. The highest BCUT2D eigenvalue weighted by atomic mass is 32.1. The summed E-state index contributed by atoms with van der Waals surface area (Å²) in [4.78, 5) is 38.6. The number of nitrogens with two attached hydrogens (primary N) is 1. The molecule has 4 N–H and O–H groups in total. The van der Waals surface area contributed by atoms with Gasteiger partial charge in [0.25, 0.3) is 5.91 Å². The van der Waals surface area contributed by atoms with E-state index in [1.807, 2.05) is 31.2 Å². The molecule has 4 heterocycles. The smallest absolute Gasteiger partial charge is 0.259 e. The van der Waals surface area contributed by atoms with Crippen molar-refractivity contribution in [3.05, 3.63) is 87.7 Å². The van der Waals surface area contributed by atoms with Crippen LogP contribution in [0.25, 0.3) is 32.0 Å². The second kappa shape index (κ2) is 8.43. The maximum Gasteiger partial charge on any atom is 0.259 e. The molecular weight excluding hydrogens is 476 g/mol. The first-order valence-electron chi connectivity index (χ1n) is 11.0. The van der Waals surface area contributed by atoms with Gasteiger partial charge in [-0.1, -0.05) is 35.9 Å². The molecule has 0 aliphatic heterocycles. The molecule has 9 nitrogen and oxygen atoms in total. The van der Waals surface area contributed by atoms with Crippen molar-refractivity contribution in [2.75, 3.05) is 16.4 Å². The summed E-state index contributed by atoms with van der Waals surface area (Å²) in [5.41, 5.74) is 8.13. The molecule has 1 amide bonds. The Morgan fingerprint density at radius 3 is 2.81 bits per heavy atom. The van der Waals surface area contributed by atoms with Crippen LogP contribution in [0.3, 0.4) is 0 Å². The van der Waals surface area contributed by atoms with Crippen LogP contribution in [0, 0.1) is 6.92 Å². The van der Waals surface area contributed by atoms with E-state index < -0.39 is 0 Å². The van der Waals surface area contributed by atoms with Crippen LogP contribution >= 0.6 is 11.3 Å². The number of para-hydroxylation sites is 1. The molecule has 176 valence electrons. The number of amides is 1. The molecule has 0 unspecified atom stereocenters. The van der Waals surface area contributed by atoms with Gasteiger partial charge in [-0.15, -0.1) is 11.3 Å². The topological polar surface area (TPSA) is 136 Å². The van der Waals surface area contributed by atoms with Crippen LogP contribution in [0.4, 0.5) is 23.3 Å². The van der Waals surface area contributed by atoms with Crippen LogP contribution in [0.2, 0.25) is 0 Å². The zero-order valence-corrected chi connectivity index (χ0v) is 19.7. The first-order chi connectivity index (χ1) is 17.5. The average molecular weight is 495 g/mol. The van der Waals surface area contributed by atoms with Crippen LogP contribution in [-0.2, 0) is 0 Å². The number of nitrogens with one attached hydrogen (secondary N) is 2. The minimum atomic E-state index is -0.372. The lowest BCUT2D eigenvalue weighted by Gasteiger charge is -2.12. The second-order valence-corrected chi connectivity index (χ2v) is 9.10. The van der Waals surface area contributed by atoms with E-state index in [2.05, 4.69) is 25.6 Å². The second-order valence-electron chi connectivity index (χ2n) is 8.22. The third-order valence-electron chi connectivity index (χ3n) is 5.73. The van der Waals surface area contributed by atoms with Crippen LogP contribution in [0.1, 0.15) is 15.9 Å². The maximum atomic E-state index is 13.2. The van der Waals surface area contributed by atoms with E-state index in [4.69, 9.17) is 10.2 Å². The highest BCUT2D eigenvalue weighted by Gasteiger charge is 2.18. The number of carbonyl (C=O) groups excluding carboxylic acids is 1. The van der Waals surface area contributed by atoms with Crippen molar-refractivity contribution < 1.29 is 9.21 Å². The van der Waals surface area contributed by atoms with Crippen molar-refractivity contribution in [1.82, 2.24) is 15.0 Å². The Bertz CT molecular complexity index is 1880. The molecule has 2 aromatic carbocycles. The first kappa shape index (κ1) is 21.7. The quantitative estimate of drug-likeness (QED) is 0.303. The Kier molecular flexibility index (Phi) is 5.08. The van der Waals surface area contributed by atoms with Crippen molar-refractivity contribution in [3.8, 4) is 0 Å². The Hall–Kier alpha value is -4.83. The van der Waals surface area contributed by atoms with Gasteiger partial charge in [0.1, 0.15) is 29.4 Å². The van der Waals surface area contributed by atoms with Gasteiger partial charge in [0.15, 0.2) is 5.43 Å². The maximum absolute atomic E-state index is 13.2. The summed E-state index contributed by atoms with van der Waals surface area (Å²) in [7, 11) is 0. The summed E-state index contributed by atoms with van der Waals surface area (Å²) < 4.78 is 6.51. The number of rotatable bonds is 4. The molecule has 0 bridgehead atoms. The minimum Gasteiger partial charge on any atom is -0.440 e. The van der Waals surface area contributed by atoms with E-state index in [1.54, 1.807) is 29.6 Å². The number of aromatic nitrogens is 3. The first-order valence-corrected chi connectivity index (χ1v) is 11.8. The monoisotopic (exact) mass is 494 g/mol. The molecule has 0 saturated carbocycles. The number of nitrogens with zero attached hydrogens (tertiary/aromatic N) is 3. The van der Waals surface area contributed by atoms with Crippen molar-refractivity contribution in [1.29, 1.82) is 0 Å². The van der Waals surface area contributed by atoms with Gasteiger partial charge < -0.3 is 20.8 Å². The SMILES string of the molecule is Cc1ccc2c(NC(=O)c3csc4c(N)ncnc34)nc(Nc3cc(=O)c4ccccc4o3)cc2c1. The van der Waals surface area contributed by atoms with Crippen LogP contribution in [0.5, 0.6) is 0 Å². The molecule has 36 heavy (non-hydrogen) atoms. The molecule has 0 aliphatic rings. The third-order valence-corrected chi connectivity index (χ3v) is 6.72. The van der Waals surface area contributed by atoms with Crippen molar-refractivity contribution in [2.45, 2.75) is 6.92 Å². The summed E-state index contributed by atoms with van der Waals surface area (Å²) in [5, 5.41) is 9.78. The largest absolute Gasteiger partial charge is 0.440 e. The Balaban J connectivity index is 1.41. The summed E-state index contributed by atoms with van der Waals surface area (Å²) >= 11 is 1.31. The number of carbonyl (C=O) groups is 1. The molecule has 6 aromatic rings. The van der Waals surface area contributed by atoms with Gasteiger partial charge in [-0.2, -0.15) is 0 Å². The molecule has 10 heteroatoms. The molecule has 0 atom stereocenters. The van der Waals surface area contributed by atoms with Gasteiger partial charge >= 0.3 is 0 Å². The van der Waals surface area contributed by atoms with E-state index in [0.717, 1.165) is 16.3 Å². The van der Waals surface area contributed by atoms with Crippen molar-refractivity contribution in [3.63, 3.8) is 0 Å². The molecule has 6 rings (SSSR count). The summed E-state index contributed by atoms with van der Waals surface area (Å²) in [6.45, 7) is 1.98. The lowest BCUT2D eigenvalue weighted by atomic mass is 10.1. The van der Waals surface area contributed by atoms with Gasteiger partial charge in [-0.3, -0.25) is 9.59 Å². The molecule has 0 fully saturated rings. The van der Waals surface area contributed by atoms with Gasteiger partial charge in [0.2, 0.25) is 5.88 Å². The van der Waals surface area contributed by atoms with E-state index >= 15 is 0 Å².